The quantitative estimate of drug-likeness (QED) is 0.908. The van der Waals surface area contributed by atoms with Crippen molar-refractivity contribution in [3.63, 3.8) is 0 Å². The van der Waals surface area contributed by atoms with Crippen molar-refractivity contribution in [2.45, 2.75) is 32.3 Å². The van der Waals surface area contributed by atoms with Crippen LogP contribution >= 0.6 is 0 Å². The summed E-state index contributed by atoms with van der Waals surface area (Å²) in [5, 5.41) is 9.64. The SMILES string of the molecule is Cc1cc2c(cc1C)OC(C(=O)N1CC(C(=O)O)C(c3ccccc3)C1)C2. The second-order valence-corrected chi connectivity index (χ2v) is 7.56. The molecule has 2 aliphatic heterocycles. The summed E-state index contributed by atoms with van der Waals surface area (Å²) in [6.45, 7) is 4.71. The number of aliphatic carboxylic acids is 1. The molecule has 1 saturated heterocycles. The molecule has 0 aromatic heterocycles. The Bertz CT molecular complexity index is 862. The van der Waals surface area contributed by atoms with Gasteiger partial charge in [0.05, 0.1) is 5.92 Å². The first kappa shape index (κ1) is 17.6. The number of carbonyl (C=O) groups excluding carboxylic acids is 1. The van der Waals surface area contributed by atoms with Gasteiger partial charge in [0.2, 0.25) is 0 Å². The predicted octanol–water partition coefficient (Wildman–Crippen LogP) is 2.93. The van der Waals surface area contributed by atoms with Gasteiger partial charge in [0.15, 0.2) is 6.10 Å². The van der Waals surface area contributed by atoms with Gasteiger partial charge in [-0.1, -0.05) is 36.4 Å². The molecule has 1 N–H and O–H groups in total. The summed E-state index contributed by atoms with van der Waals surface area (Å²) < 4.78 is 5.91. The molecule has 0 radical (unpaired) electrons. The summed E-state index contributed by atoms with van der Waals surface area (Å²) in [5.41, 5.74) is 4.33. The van der Waals surface area contributed by atoms with E-state index in [1.807, 2.05) is 50.2 Å². The number of likely N-dealkylation sites (tertiary alicyclic amines) is 1. The van der Waals surface area contributed by atoms with Gasteiger partial charge in [-0.2, -0.15) is 0 Å². The third-order valence-corrected chi connectivity index (χ3v) is 5.80. The molecule has 2 aromatic rings. The number of carboxylic acids is 1. The van der Waals surface area contributed by atoms with Crippen LogP contribution in [0.25, 0.3) is 0 Å². The standard InChI is InChI=1S/C22H23NO4/c1-13-8-16-10-20(27-19(16)9-14(13)2)21(24)23-11-17(18(12-23)22(25)26)15-6-4-3-5-7-15/h3-9,17-18,20H,10-12H2,1-2H3,(H,25,26). The zero-order chi connectivity index (χ0) is 19.1. The Hall–Kier alpha value is -2.82. The first-order chi connectivity index (χ1) is 12.9. The van der Waals surface area contributed by atoms with Crippen LogP contribution in [0, 0.1) is 19.8 Å². The normalized spacial score (nSPS) is 23.8. The molecular weight excluding hydrogens is 342 g/mol. The molecule has 3 unspecified atom stereocenters. The minimum Gasteiger partial charge on any atom is -0.481 e. The van der Waals surface area contributed by atoms with Crippen molar-refractivity contribution in [1.29, 1.82) is 0 Å². The molecule has 1 fully saturated rings. The first-order valence-electron chi connectivity index (χ1n) is 9.27. The van der Waals surface area contributed by atoms with Crippen molar-refractivity contribution in [2.75, 3.05) is 13.1 Å². The van der Waals surface area contributed by atoms with Crippen LogP contribution in [-0.2, 0) is 16.0 Å². The number of amides is 1. The van der Waals surface area contributed by atoms with Crippen LogP contribution in [0.1, 0.15) is 28.2 Å². The van der Waals surface area contributed by atoms with Crippen molar-refractivity contribution in [2.24, 2.45) is 5.92 Å². The van der Waals surface area contributed by atoms with Crippen molar-refractivity contribution in [3.05, 3.63) is 64.7 Å². The number of ether oxygens (including phenoxy) is 1. The molecule has 2 heterocycles. The monoisotopic (exact) mass is 365 g/mol. The second kappa shape index (κ2) is 6.72. The van der Waals surface area contributed by atoms with E-state index in [-0.39, 0.29) is 18.4 Å². The summed E-state index contributed by atoms with van der Waals surface area (Å²) in [7, 11) is 0. The first-order valence-corrected chi connectivity index (χ1v) is 9.27. The Morgan fingerprint density at radius 1 is 1.07 bits per heavy atom. The van der Waals surface area contributed by atoms with Crippen molar-refractivity contribution < 1.29 is 19.4 Å². The number of rotatable bonds is 3. The fraction of sp³-hybridized carbons (Fsp3) is 0.364. The molecular formula is C22H23NO4. The van der Waals surface area contributed by atoms with Gasteiger partial charge < -0.3 is 14.7 Å². The molecule has 3 atom stereocenters. The molecule has 0 aliphatic carbocycles. The van der Waals surface area contributed by atoms with Gasteiger partial charge in [-0.3, -0.25) is 9.59 Å². The maximum atomic E-state index is 13.0. The van der Waals surface area contributed by atoms with Crippen LogP contribution in [-0.4, -0.2) is 41.1 Å². The molecule has 140 valence electrons. The van der Waals surface area contributed by atoms with Gasteiger partial charge in [-0.15, -0.1) is 0 Å². The molecule has 4 rings (SSSR count). The number of carbonyl (C=O) groups is 2. The number of benzene rings is 2. The Morgan fingerprint density at radius 2 is 1.78 bits per heavy atom. The average Bonchev–Trinajstić information content (AvgIpc) is 3.27. The molecule has 2 aromatic carbocycles. The Morgan fingerprint density at radius 3 is 2.48 bits per heavy atom. The van der Waals surface area contributed by atoms with E-state index in [2.05, 4.69) is 6.07 Å². The Balaban J connectivity index is 1.52. The molecule has 2 aliphatic rings. The molecule has 0 saturated carbocycles. The zero-order valence-corrected chi connectivity index (χ0v) is 15.5. The van der Waals surface area contributed by atoms with Crippen LogP contribution in [0.4, 0.5) is 0 Å². The van der Waals surface area contributed by atoms with Gasteiger partial charge in [0.1, 0.15) is 5.75 Å². The Kier molecular flexibility index (Phi) is 4.38. The molecule has 0 bridgehead atoms. The number of nitrogens with zero attached hydrogens (tertiary/aromatic N) is 1. The zero-order valence-electron chi connectivity index (χ0n) is 15.5. The van der Waals surface area contributed by atoms with Crippen LogP contribution in [0.5, 0.6) is 5.75 Å². The third kappa shape index (κ3) is 3.18. The average molecular weight is 365 g/mol. The number of carboxylic acid groups (broad SMARTS) is 1. The minimum atomic E-state index is -0.860. The summed E-state index contributed by atoms with van der Waals surface area (Å²) in [4.78, 5) is 26.5. The highest BCUT2D eigenvalue weighted by Gasteiger charge is 2.43. The van der Waals surface area contributed by atoms with Crippen molar-refractivity contribution in [1.82, 2.24) is 4.90 Å². The summed E-state index contributed by atoms with van der Waals surface area (Å²) in [6.07, 6.45) is -0.0235. The van der Waals surface area contributed by atoms with Gasteiger partial charge in [0.25, 0.3) is 5.91 Å². The van der Waals surface area contributed by atoms with E-state index in [4.69, 9.17) is 4.74 Å². The van der Waals surface area contributed by atoms with Gasteiger partial charge in [0, 0.05) is 25.4 Å². The lowest BCUT2D eigenvalue weighted by molar-refractivity contribution is -0.142. The maximum absolute atomic E-state index is 13.0. The van der Waals surface area contributed by atoms with Crippen LogP contribution in [0.2, 0.25) is 0 Å². The molecule has 0 spiro atoms. The van der Waals surface area contributed by atoms with Gasteiger partial charge >= 0.3 is 5.97 Å². The predicted molar refractivity (Wildman–Crippen MR) is 101 cm³/mol. The van der Waals surface area contributed by atoms with E-state index in [0.717, 1.165) is 22.4 Å². The topological polar surface area (TPSA) is 66.8 Å². The van der Waals surface area contributed by atoms with E-state index in [1.54, 1.807) is 4.90 Å². The fourth-order valence-corrected chi connectivity index (χ4v) is 4.13. The molecule has 1 amide bonds. The summed E-state index contributed by atoms with van der Waals surface area (Å²) in [5.74, 6) is -0.997. The lowest BCUT2D eigenvalue weighted by Gasteiger charge is -2.20. The number of aryl methyl sites for hydroxylation is 2. The highest BCUT2D eigenvalue weighted by Crippen LogP contribution is 2.36. The van der Waals surface area contributed by atoms with Crippen LogP contribution in [0.3, 0.4) is 0 Å². The Labute approximate surface area is 158 Å². The van der Waals surface area contributed by atoms with E-state index in [0.29, 0.717) is 13.0 Å². The number of hydrogen-bond donors (Lipinski definition) is 1. The van der Waals surface area contributed by atoms with Crippen LogP contribution in [0.15, 0.2) is 42.5 Å². The second-order valence-electron chi connectivity index (χ2n) is 7.56. The van der Waals surface area contributed by atoms with E-state index >= 15 is 0 Å². The molecule has 27 heavy (non-hydrogen) atoms. The molecule has 5 heteroatoms. The smallest absolute Gasteiger partial charge is 0.308 e. The largest absolute Gasteiger partial charge is 0.481 e. The summed E-state index contributed by atoms with van der Waals surface area (Å²) >= 11 is 0. The van der Waals surface area contributed by atoms with Gasteiger partial charge in [-0.05, 0) is 42.2 Å². The minimum absolute atomic E-state index is 0.119. The third-order valence-electron chi connectivity index (χ3n) is 5.80. The van der Waals surface area contributed by atoms with Crippen molar-refractivity contribution >= 4 is 11.9 Å². The van der Waals surface area contributed by atoms with E-state index in [9.17, 15) is 14.7 Å². The lowest BCUT2D eigenvalue weighted by atomic mass is 9.89. The number of fused-ring (bicyclic) bond motifs is 1. The van der Waals surface area contributed by atoms with Crippen LogP contribution < -0.4 is 4.74 Å². The maximum Gasteiger partial charge on any atom is 0.308 e. The number of hydrogen-bond acceptors (Lipinski definition) is 3. The summed E-state index contributed by atoms with van der Waals surface area (Å²) in [6, 6.07) is 13.6. The lowest BCUT2D eigenvalue weighted by Crippen LogP contribution is -2.40. The fourth-order valence-electron chi connectivity index (χ4n) is 4.13. The van der Waals surface area contributed by atoms with E-state index in [1.165, 1.54) is 5.56 Å². The molecule has 5 nitrogen and oxygen atoms in total. The van der Waals surface area contributed by atoms with Gasteiger partial charge in [-0.25, -0.2) is 0 Å². The van der Waals surface area contributed by atoms with E-state index < -0.39 is 18.0 Å². The highest BCUT2D eigenvalue weighted by atomic mass is 16.5. The highest BCUT2D eigenvalue weighted by molar-refractivity contribution is 5.84. The van der Waals surface area contributed by atoms with Crippen molar-refractivity contribution in [3.8, 4) is 5.75 Å².